The maximum absolute atomic E-state index is 12.8. The molecule has 1 aromatic carbocycles. The average molecular weight is 332 g/mol. The third-order valence-electron chi connectivity index (χ3n) is 4.41. The van der Waals surface area contributed by atoms with Gasteiger partial charge in [0.1, 0.15) is 5.75 Å². The summed E-state index contributed by atoms with van der Waals surface area (Å²) in [4.78, 5) is 37.9. The number of benzene rings is 1. The minimum absolute atomic E-state index is 0.0225. The van der Waals surface area contributed by atoms with E-state index in [9.17, 15) is 14.4 Å². The molecule has 0 radical (unpaired) electrons. The number of nitrogens with one attached hydrogen (secondary N) is 1. The molecule has 1 fully saturated rings. The highest BCUT2D eigenvalue weighted by Crippen LogP contribution is 2.32. The Hall–Kier alpha value is -2.37. The second kappa shape index (κ2) is 7.03. The fourth-order valence-electron chi connectivity index (χ4n) is 2.98. The number of rotatable bonds is 4. The fraction of sp³-hybridized carbons (Fsp3) is 0.500. The average Bonchev–Trinajstić information content (AvgIpc) is 2.92. The van der Waals surface area contributed by atoms with Gasteiger partial charge >= 0.3 is 5.97 Å². The van der Waals surface area contributed by atoms with E-state index in [1.807, 2.05) is 13.8 Å². The molecule has 6 nitrogen and oxygen atoms in total. The third kappa shape index (κ3) is 3.58. The Morgan fingerprint density at radius 1 is 1.33 bits per heavy atom. The van der Waals surface area contributed by atoms with Gasteiger partial charge in [0, 0.05) is 37.7 Å². The standard InChI is InChI=1S/C18H24N2O4/c1-5-19-17(23)18(4)9-10-20(11-18)16(22)14-7-6-8-15(12(14)2)24-13(3)21/h6-8H,5,9-11H2,1-4H3,(H,19,23). The van der Waals surface area contributed by atoms with E-state index in [2.05, 4.69) is 5.32 Å². The molecule has 0 saturated carbocycles. The Bertz CT molecular complexity index is 671. The molecule has 24 heavy (non-hydrogen) atoms. The van der Waals surface area contributed by atoms with Gasteiger partial charge in [-0.05, 0) is 39.3 Å². The highest BCUT2D eigenvalue weighted by molar-refractivity contribution is 5.97. The highest BCUT2D eigenvalue weighted by atomic mass is 16.5. The minimum Gasteiger partial charge on any atom is -0.426 e. The summed E-state index contributed by atoms with van der Waals surface area (Å²) >= 11 is 0. The fourth-order valence-corrected chi connectivity index (χ4v) is 2.98. The molecule has 1 N–H and O–H groups in total. The van der Waals surface area contributed by atoms with Crippen LogP contribution in [-0.2, 0) is 9.59 Å². The Morgan fingerprint density at radius 3 is 2.67 bits per heavy atom. The molecule has 130 valence electrons. The summed E-state index contributed by atoms with van der Waals surface area (Å²) < 4.78 is 5.14. The quantitative estimate of drug-likeness (QED) is 0.675. The van der Waals surface area contributed by atoms with Gasteiger partial charge in [-0.25, -0.2) is 0 Å². The van der Waals surface area contributed by atoms with Crippen molar-refractivity contribution in [3.8, 4) is 5.75 Å². The van der Waals surface area contributed by atoms with E-state index in [1.54, 1.807) is 30.0 Å². The molecule has 0 bridgehead atoms. The zero-order chi connectivity index (χ0) is 17.9. The second-order valence-corrected chi connectivity index (χ2v) is 6.42. The van der Waals surface area contributed by atoms with Crippen LogP contribution in [0.1, 0.15) is 43.1 Å². The molecule has 1 unspecified atom stereocenters. The predicted octanol–water partition coefficient (Wildman–Crippen LogP) is 1.91. The Morgan fingerprint density at radius 2 is 2.04 bits per heavy atom. The van der Waals surface area contributed by atoms with Crippen molar-refractivity contribution in [2.24, 2.45) is 5.41 Å². The van der Waals surface area contributed by atoms with Crippen molar-refractivity contribution in [2.75, 3.05) is 19.6 Å². The molecule has 0 spiro atoms. The van der Waals surface area contributed by atoms with Crippen LogP contribution < -0.4 is 10.1 Å². The van der Waals surface area contributed by atoms with Gasteiger partial charge in [-0.2, -0.15) is 0 Å². The van der Waals surface area contributed by atoms with Crippen LogP contribution in [0.2, 0.25) is 0 Å². The first-order valence-electron chi connectivity index (χ1n) is 8.14. The van der Waals surface area contributed by atoms with Crippen LogP contribution in [0, 0.1) is 12.3 Å². The van der Waals surface area contributed by atoms with Crippen molar-refractivity contribution < 1.29 is 19.1 Å². The Labute approximate surface area is 142 Å². The van der Waals surface area contributed by atoms with Crippen LogP contribution in [0.15, 0.2) is 18.2 Å². The highest BCUT2D eigenvalue weighted by Gasteiger charge is 2.42. The van der Waals surface area contributed by atoms with Crippen molar-refractivity contribution in [1.29, 1.82) is 0 Å². The molecule has 2 amide bonds. The van der Waals surface area contributed by atoms with E-state index in [-0.39, 0.29) is 11.8 Å². The van der Waals surface area contributed by atoms with Gasteiger partial charge in [0.05, 0.1) is 5.41 Å². The molecule has 1 saturated heterocycles. The van der Waals surface area contributed by atoms with E-state index < -0.39 is 11.4 Å². The molecule has 1 heterocycles. The zero-order valence-electron chi connectivity index (χ0n) is 14.6. The summed E-state index contributed by atoms with van der Waals surface area (Å²) in [6.45, 7) is 8.33. The number of hydrogen-bond acceptors (Lipinski definition) is 4. The van der Waals surface area contributed by atoms with Crippen LogP contribution in [0.25, 0.3) is 0 Å². The molecule has 0 aromatic heterocycles. The molecular weight excluding hydrogens is 308 g/mol. The number of likely N-dealkylation sites (tertiary alicyclic amines) is 1. The maximum atomic E-state index is 12.8. The van der Waals surface area contributed by atoms with E-state index in [0.29, 0.717) is 42.9 Å². The normalized spacial score (nSPS) is 19.9. The number of ether oxygens (including phenoxy) is 1. The predicted molar refractivity (Wildman–Crippen MR) is 89.8 cm³/mol. The molecule has 1 aliphatic rings. The van der Waals surface area contributed by atoms with Crippen LogP contribution in [0.3, 0.4) is 0 Å². The molecule has 0 aliphatic carbocycles. The van der Waals surface area contributed by atoms with Gasteiger partial charge in [0.25, 0.3) is 5.91 Å². The lowest BCUT2D eigenvalue weighted by molar-refractivity contribution is -0.132. The lowest BCUT2D eigenvalue weighted by Crippen LogP contribution is -2.41. The molecule has 2 rings (SSSR count). The molecule has 1 aromatic rings. The summed E-state index contributed by atoms with van der Waals surface area (Å²) in [5.74, 6) is -0.202. The largest absolute Gasteiger partial charge is 0.426 e. The first kappa shape index (κ1) is 18.0. The summed E-state index contributed by atoms with van der Waals surface area (Å²) in [5.41, 5.74) is 0.561. The summed E-state index contributed by atoms with van der Waals surface area (Å²) in [6, 6.07) is 5.07. The maximum Gasteiger partial charge on any atom is 0.308 e. The van der Waals surface area contributed by atoms with Crippen LogP contribution in [0.5, 0.6) is 5.75 Å². The Kier molecular flexibility index (Phi) is 5.26. The molecular formula is C18H24N2O4. The lowest BCUT2D eigenvalue weighted by atomic mass is 9.89. The minimum atomic E-state index is -0.562. The van der Waals surface area contributed by atoms with Crippen LogP contribution in [-0.4, -0.2) is 42.3 Å². The number of nitrogens with zero attached hydrogens (tertiary/aromatic N) is 1. The van der Waals surface area contributed by atoms with E-state index >= 15 is 0 Å². The third-order valence-corrected chi connectivity index (χ3v) is 4.41. The first-order chi connectivity index (χ1) is 11.3. The summed E-state index contributed by atoms with van der Waals surface area (Å²) in [7, 11) is 0. The number of amides is 2. The van der Waals surface area contributed by atoms with Gasteiger partial charge in [-0.3, -0.25) is 14.4 Å². The molecule has 6 heteroatoms. The van der Waals surface area contributed by atoms with Crippen molar-refractivity contribution >= 4 is 17.8 Å². The van der Waals surface area contributed by atoms with E-state index in [1.165, 1.54) is 6.92 Å². The van der Waals surface area contributed by atoms with E-state index in [0.717, 1.165) is 0 Å². The lowest BCUT2D eigenvalue weighted by Gasteiger charge is -2.24. The van der Waals surface area contributed by atoms with Gasteiger partial charge in [0.15, 0.2) is 0 Å². The van der Waals surface area contributed by atoms with Crippen molar-refractivity contribution in [3.63, 3.8) is 0 Å². The van der Waals surface area contributed by atoms with E-state index in [4.69, 9.17) is 4.74 Å². The number of carbonyl (C=O) groups is 3. The van der Waals surface area contributed by atoms with Gasteiger partial charge in [-0.1, -0.05) is 6.07 Å². The number of esters is 1. The van der Waals surface area contributed by atoms with Gasteiger partial charge < -0.3 is 15.0 Å². The smallest absolute Gasteiger partial charge is 0.308 e. The number of hydrogen-bond donors (Lipinski definition) is 1. The molecule has 1 atom stereocenters. The summed E-state index contributed by atoms with van der Waals surface area (Å²) in [6.07, 6.45) is 0.632. The first-order valence-corrected chi connectivity index (χ1v) is 8.14. The van der Waals surface area contributed by atoms with Crippen LogP contribution in [0.4, 0.5) is 0 Å². The van der Waals surface area contributed by atoms with Crippen molar-refractivity contribution in [2.45, 2.75) is 34.1 Å². The van der Waals surface area contributed by atoms with Gasteiger partial charge in [-0.15, -0.1) is 0 Å². The topological polar surface area (TPSA) is 75.7 Å². The van der Waals surface area contributed by atoms with Gasteiger partial charge in [0.2, 0.25) is 5.91 Å². The molecule has 1 aliphatic heterocycles. The van der Waals surface area contributed by atoms with Crippen LogP contribution >= 0.6 is 0 Å². The number of carbonyl (C=O) groups excluding carboxylic acids is 3. The second-order valence-electron chi connectivity index (χ2n) is 6.42. The monoisotopic (exact) mass is 332 g/mol. The Balaban J connectivity index is 2.19. The van der Waals surface area contributed by atoms with Crippen molar-refractivity contribution in [3.05, 3.63) is 29.3 Å². The SMILES string of the molecule is CCNC(=O)C1(C)CCN(C(=O)c2cccc(OC(C)=O)c2C)C1. The van der Waals surface area contributed by atoms with Crippen molar-refractivity contribution in [1.82, 2.24) is 10.2 Å². The zero-order valence-corrected chi connectivity index (χ0v) is 14.6. The summed E-state index contributed by atoms with van der Waals surface area (Å²) in [5, 5.41) is 2.83.